The van der Waals surface area contributed by atoms with E-state index in [9.17, 15) is 18.8 Å². The summed E-state index contributed by atoms with van der Waals surface area (Å²) in [6.07, 6.45) is 1.33. The van der Waals surface area contributed by atoms with Crippen molar-refractivity contribution in [1.82, 2.24) is 5.32 Å². The number of rotatable bonds is 5. The summed E-state index contributed by atoms with van der Waals surface area (Å²) < 4.78 is 20.1. The SMILES string of the molecule is O=C1NC(=O)N(c2ccccc2F)C(=O)/C1=C\c1ccccc1OCc1ccccc1. The average Bonchev–Trinajstić information content (AvgIpc) is 2.78. The molecular formula is C24H17FN2O4. The number of anilines is 1. The van der Waals surface area contributed by atoms with Crippen LogP contribution in [0.1, 0.15) is 11.1 Å². The van der Waals surface area contributed by atoms with E-state index in [-0.39, 0.29) is 11.3 Å². The van der Waals surface area contributed by atoms with Crippen LogP contribution in [-0.4, -0.2) is 17.8 Å². The lowest BCUT2D eigenvalue weighted by atomic mass is 10.1. The summed E-state index contributed by atoms with van der Waals surface area (Å²) in [5.74, 6) is -2.09. The monoisotopic (exact) mass is 416 g/mol. The highest BCUT2D eigenvalue weighted by molar-refractivity contribution is 6.39. The molecule has 31 heavy (non-hydrogen) atoms. The minimum absolute atomic E-state index is 0.239. The van der Waals surface area contributed by atoms with Gasteiger partial charge in [-0.15, -0.1) is 0 Å². The number of amides is 4. The smallest absolute Gasteiger partial charge is 0.336 e. The summed E-state index contributed by atoms with van der Waals surface area (Å²) in [6, 6.07) is 20.7. The Morgan fingerprint density at radius 2 is 1.55 bits per heavy atom. The van der Waals surface area contributed by atoms with Gasteiger partial charge in [-0.1, -0.05) is 60.7 Å². The molecule has 154 valence electrons. The van der Waals surface area contributed by atoms with Crippen molar-refractivity contribution in [3.63, 3.8) is 0 Å². The lowest BCUT2D eigenvalue weighted by Gasteiger charge is -2.26. The fourth-order valence-corrected chi connectivity index (χ4v) is 3.13. The number of urea groups is 1. The van der Waals surface area contributed by atoms with E-state index in [1.807, 2.05) is 30.3 Å². The number of nitrogens with zero attached hydrogens (tertiary/aromatic N) is 1. The van der Waals surface area contributed by atoms with Gasteiger partial charge in [0, 0.05) is 5.56 Å². The van der Waals surface area contributed by atoms with Crippen LogP contribution < -0.4 is 15.0 Å². The first-order valence-corrected chi connectivity index (χ1v) is 9.46. The number of hydrogen-bond donors (Lipinski definition) is 1. The third-order valence-electron chi connectivity index (χ3n) is 4.65. The van der Waals surface area contributed by atoms with Crippen LogP contribution in [0.4, 0.5) is 14.9 Å². The van der Waals surface area contributed by atoms with Gasteiger partial charge in [0.2, 0.25) is 0 Å². The van der Waals surface area contributed by atoms with Crippen LogP contribution in [0.2, 0.25) is 0 Å². The molecule has 1 fully saturated rings. The van der Waals surface area contributed by atoms with Crippen LogP contribution in [-0.2, 0) is 16.2 Å². The van der Waals surface area contributed by atoms with Gasteiger partial charge in [0.25, 0.3) is 11.8 Å². The molecule has 1 aliphatic rings. The van der Waals surface area contributed by atoms with E-state index in [1.165, 1.54) is 24.3 Å². The van der Waals surface area contributed by atoms with E-state index in [0.717, 1.165) is 11.6 Å². The molecular weight excluding hydrogens is 399 g/mol. The molecule has 1 N–H and O–H groups in total. The molecule has 3 aromatic rings. The first-order valence-electron chi connectivity index (χ1n) is 9.46. The number of barbiturate groups is 1. The summed E-state index contributed by atoms with van der Waals surface area (Å²) in [7, 11) is 0. The number of imide groups is 2. The van der Waals surface area contributed by atoms with Crippen molar-refractivity contribution in [3.05, 3.63) is 101 Å². The van der Waals surface area contributed by atoms with Gasteiger partial charge in [-0.2, -0.15) is 0 Å². The Morgan fingerprint density at radius 1 is 0.871 bits per heavy atom. The number of carbonyl (C=O) groups excluding carboxylic acids is 3. The van der Waals surface area contributed by atoms with Crippen molar-refractivity contribution in [2.24, 2.45) is 0 Å². The van der Waals surface area contributed by atoms with Crippen LogP contribution in [0.15, 0.2) is 84.4 Å². The van der Waals surface area contributed by atoms with E-state index in [1.54, 1.807) is 24.3 Å². The molecule has 7 heteroatoms. The van der Waals surface area contributed by atoms with Gasteiger partial charge in [-0.25, -0.2) is 14.1 Å². The highest BCUT2D eigenvalue weighted by Crippen LogP contribution is 2.27. The second-order valence-corrected chi connectivity index (χ2v) is 6.72. The highest BCUT2D eigenvalue weighted by atomic mass is 19.1. The van der Waals surface area contributed by atoms with Crippen LogP contribution >= 0.6 is 0 Å². The number of halogens is 1. The zero-order chi connectivity index (χ0) is 21.8. The van der Waals surface area contributed by atoms with E-state index in [4.69, 9.17) is 4.74 Å². The van der Waals surface area contributed by atoms with Crippen molar-refractivity contribution in [1.29, 1.82) is 0 Å². The van der Waals surface area contributed by atoms with Gasteiger partial charge < -0.3 is 4.74 Å². The van der Waals surface area contributed by atoms with Gasteiger partial charge in [0.15, 0.2) is 0 Å². The van der Waals surface area contributed by atoms with Crippen LogP contribution in [0.3, 0.4) is 0 Å². The zero-order valence-electron chi connectivity index (χ0n) is 16.2. The Morgan fingerprint density at radius 3 is 2.32 bits per heavy atom. The minimum atomic E-state index is -1.01. The molecule has 0 aliphatic carbocycles. The maximum Gasteiger partial charge on any atom is 0.336 e. The Hall–Kier alpha value is -4.26. The molecule has 4 rings (SSSR count). The van der Waals surface area contributed by atoms with Crippen LogP contribution in [0.5, 0.6) is 5.75 Å². The Balaban J connectivity index is 1.66. The van der Waals surface area contributed by atoms with Crippen LogP contribution in [0.25, 0.3) is 6.08 Å². The average molecular weight is 416 g/mol. The second-order valence-electron chi connectivity index (χ2n) is 6.72. The van der Waals surface area contributed by atoms with Gasteiger partial charge in [0.05, 0.1) is 5.69 Å². The Kier molecular flexibility index (Phi) is 5.57. The van der Waals surface area contributed by atoms with Gasteiger partial charge >= 0.3 is 6.03 Å². The standard InChI is InChI=1S/C24H17FN2O4/c25-19-11-5-6-12-20(19)27-23(29)18(22(28)26-24(27)30)14-17-10-4-7-13-21(17)31-15-16-8-2-1-3-9-16/h1-14H,15H2,(H,26,28,30)/b18-14-. The first kappa shape index (κ1) is 20.0. The van der Waals surface area contributed by atoms with Crippen molar-refractivity contribution >= 4 is 29.6 Å². The maximum atomic E-state index is 14.2. The van der Waals surface area contributed by atoms with Gasteiger partial charge in [0.1, 0.15) is 23.7 Å². The molecule has 0 bridgehead atoms. The summed E-state index contributed by atoms with van der Waals surface area (Å²) >= 11 is 0. The molecule has 1 heterocycles. The first-order chi connectivity index (χ1) is 15.0. The van der Waals surface area contributed by atoms with E-state index in [2.05, 4.69) is 5.32 Å². The van der Waals surface area contributed by atoms with E-state index >= 15 is 0 Å². The predicted molar refractivity (Wildman–Crippen MR) is 113 cm³/mol. The van der Waals surface area contributed by atoms with Gasteiger partial charge in [-0.05, 0) is 29.8 Å². The molecule has 1 aliphatic heterocycles. The van der Waals surface area contributed by atoms with Crippen molar-refractivity contribution in [2.45, 2.75) is 6.61 Å². The van der Waals surface area contributed by atoms with E-state index < -0.39 is 23.7 Å². The van der Waals surface area contributed by atoms with E-state index in [0.29, 0.717) is 22.8 Å². The summed E-state index contributed by atoms with van der Waals surface area (Å²) in [6.45, 7) is 0.293. The second kappa shape index (κ2) is 8.62. The lowest BCUT2D eigenvalue weighted by molar-refractivity contribution is -0.122. The normalized spacial score (nSPS) is 15.2. The van der Waals surface area contributed by atoms with Crippen molar-refractivity contribution < 1.29 is 23.5 Å². The molecule has 3 aromatic carbocycles. The number of ether oxygens (including phenoxy) is 1. The quantitative estimate of drug-likeness (QED) is 0.503. The Labute approximate surface area is 177 Å². The largest absolute Gasteiger partial charge is 0.488 e. The van der Waals surface area contributed by atoms with Gasteiger partial charge in [-0.3, -0.25) is 14.9 Å². The summed E-state index contributed by atoms with van der Waals surface area (Å²) in [4.78, 5) is 38.2. The number of carbonyl (C=O) groups is 3. The third kappa shape index (κ3) is 4.20. The summed E-state index contributed by atoms with van der Waals surface area (Å²) in [5, 5.41) is 2.08. The highest BCUT2D eigenvalue weighted by Gasteiger charge is 2.38. The molecule has 0 atom stereocenters. The van der Waals surface area contributed by atoms with Crippen molar-refractivity contribution in [3.8, 4) is 5.75 Å². The molecule has 0 spiro atoms. The number of benzene rings is 3. The molecule has 0 radical (unpaired) electrons. The maximum absolute atomic E-state index is 14.2. The minimum Gasteiger partial charge on any atom is -0.488 e. The molecule has 0 aromatic heterocycles. The molecule has 0 unspecified atom stereocenters. The number of nitrogens with one attached hydrogen (secondary N) is 1. The number of hydrogen-bond acceptors (Lipinski definition) is 4. The Bertz CT molecular complexity index is 1190. The lowest BCUT2D eigenvalue weighted by Crippen LogP contribution is -2.54. The topological polar surface area (TPSA) is 75.7 Å². The molecule has 0 saturated carbocycles. The fourth-order valence-electron chi connectivity index (χ4n) is 3.13. The number of para-hydroxylation sites is 2. The molecule has 6 nitrogen and oxygen atoms in total. The fraction of sp³-hybridized carbons (Fsp3) is 0.0417. The third-order valence-corrected chi connectivity index (χ3v) is 4.65. The van der Waals surface area contributed by atoms with Crippen LogP contribution in [0, 0.1) is 5.82 Å². The predicted octanol–water partition coefficient (Wildman–Crippen LogP) is 4.07. The molecule has 4 amide bonds. The molecule has 1 saturated heterocycles. The van der Waals surface area contributed by atoms with Crippen molar-refractivity contribution in [2.75, 3.05) is 4.90 Å². The summed E-state index contributed by atoms with van der Waals surface area (Å²) in [5.41, 5.74) is 0.878. The zero-order valence-corrected chi connectivity index (χ0v) is 16.2.